The molecule has 13 heteroatoms. The van der Waals surface area contributed by atoms with Crippen LogP contribution in [0.25, 0.3) is 11.1 Å². The van der Waals surface area contributed by atoms with Gasteiger partial charge in [0.25, 0.3) is 11.8 Å². The largest absolute Gasteiger partial charge is 0.393 e. The van der Waals surface area contributed by atoms with Gasteiger partial charge in [-0.2, -0.15) is 5.10 Å². The summed E-state index contributed by atoms with van der Waals surface area (Å²) >= 11 is 0. The molecule has 4 heterocycles. The van der Waals surface area contributed by atoms with Crippen LogP contribution < -0.4 is 32.3 Å². The second-order valence-electron chi connectivity index (χ2n) is 12.8. The van der Waals surface area contributed by atoms with Crippen LogP contribution >= 0.6 is 0 Å². The predicted molar refractivity (Wildman–Crippen MR) is 173 cm³/mol. The van der Waals surface area contributed by atoms with Gasteiger partial charge in [0.15, 0.2) is 0 Å². The topological polar surface area (TPSA) is 177 Å². The number of nitrogens with zero attached hydrogens (tertiary/aromatic N) is 5. The van der Waals surface area contributed by atoms with E-state index >= 15 is 0 Å². The van der Waals surface area contributed by atoms with Crippen LogP contribution in [0.15, 0.2) is 72.1 Å². The highest BCUT2D eigenvalue weighted by molar-refractivity contribution is 5.96. The van der Waals surface area contributed by atoms with Crippen LogP contribution in [0.2, 0.25) is 0 Å². The van der Waals surface area contributed by atoms with E-state index < -0.39 is 5.91 Å². The van der Waals surface area contributed by atoms with E-state index in [4.69, 9.17) is 16.6 Å². The number of likely N-dealkylation sites (N-methyl/N-ethyl adjacent to an activating group) is 1. The number of anilines is 2. The number of carbonyl (C=O) groups is 3. The van der Waals surface area contributed by atoms with E-state index in [9.17, 15) is 14.4 Å². The van der Waals surface area contributed by atoms with Gasteiger partial charge in [0, 0.05) is 61.9 Å². The fourth-order valence-electron chi connectivity index (χ4n) is 6.96. The first-order chi connectivity index (χ1) is 22.2. The van der Waals surface area contributed by atoms with Crippen molar-refractivity contribution in [3.63, 3.8) is 0 Å². The molecule has 2 aliphatic heterocycles. The van der Waals surface area contributed by atoms with E-state index in [1.54, 1.807) is 12.3 Å². The molecule has 0 radical (unpaired) electrons. The number of benzene rings is 1. The molecule has 46 heavy (non-hydrogen) atoms. The molecule has 2 aliphatic carbocycles. The molecular formula is C33H38N10O3. The lowest BCUT2D eigenvalue weighted by Gasteiger charge is -2.59. The minimum atomic E-state index is -0.476. The number of para-hydroxylation sites is 1. The molecule has 4 aliphatic rings. The van der Waals surface area contributed by atoms with Crippen molar-refractivity contribution in [2.45, 2.75) is 38.3 Å². The molecule has 3 amide bonds. The standard InChI is InChI=1S/C33H38N10O3/c1-36-31(45)28(35)25(12-27(34)40-30(44)19-9-10-19)39-23-8-5-6-21-22-15-38-43(26(22)16-41(2)29(21)23)20-13-33(14-20)17-42(18-33)32(46)24-7-3-4-11-37-24/h3-8,11-12,15,19-20,39H,9-10,13-14,16-18,34-35H2,1-2H3,(H,36,45)(H,40,44)/b27-12+,28-25+. The van der Waals surface area contributed by atoms with Crippen molar-refractivity contribution >= 4 is 29.1 Å². The average Bonchev–Trinajstić information content (AvgIpc) is 3.79. The Morgan fingerprint density at radius 3 is 2.52 bits per heavy atom. The van der Waals surface area contributed by atoms with Crippen molar-refractivity contribution in [2.75, 3.05) is 37.4 Å². The van der Waals surface area contributed by atoms with Gasteiger partial charge in [-0.25, -0.2) is 0 Å². The second-order valence-corrected chi connectivity index (χ2v) is 12.8. The predicted octanol–water partition coefficient (Wildman–Crippen LogP) is 2.03. The fourth-order valence-corrected chi connectivity index (χ4v) is 6.96. The van der Waals surface area contributed by atoms with Gasteiger partial charge in [0.05, 0.1) is 41.5 Å². The van der Waals surface area contributed by atoms with Crippen LogP contribution in [0.3, 0.4) is 0 Å². The van der Waals surface area contributed by atoms with Crippen molar-refractivity contribution in [3.05, 3.63) is 83.5 Å². The summed E-state index contributed by atoms with van der Waals surface area (Å²) in [6.07, 6.45) is 8.69. The van der Waals surface area contributed by atoms with E-state index in [0.29, 0.717) is 12.2 Å². The molecule has 0 unspecified atom stereocenters. The van der Waals surface area contributed by atoms with Crippen LogP contribution in [0.1, 0.15) is 47.9 Å². The minimum absolute atomic E-state index is 0.00921. The second kappa shape index (κ2) is 11.2. The van der Waals surface area contributed by atoms with Crippen LogP contribution in [0.5, 0.6) is 0 Å². The van der Waals surface area contributed by atoms with Gasteiger partial charge in [-0.3, -0.25) is 24.0 Å². The van der Waals surface area contributed by atoms with Gasteiger partial charge in [0.2, 0.25) is 5.91 Å². The molecule has 3 aromatic rings. The Balaban J connectivity index is 1.10. The van der Waals surface area contributed by atoms with E-state index in [1.165, 1.54) is 13.1 Å². The smallest absolute Gasteiger partial charge is 0.272 e. The first kappa shape index (κ1) is 29.4. The number of nitrogens with one attached hydrogen (secondary N) is 3. The maximum absolute atomic E-state index is 12.8. The monoisotopic (exact) mass is 622 g/mol. The van der Waals surface area contributed by atoms with Gasteiger partial charge >= 0.3 is 0 Å². The number of likely N-dealkylation sites (tertiary alicyclic amines) is 1. The Kier molecular flexibility index (Phi) is 7.18. The number of hydrogen-bond donors (Lipinski definition) is 5. The summed E-state index contributed by atoms with van der Waals surface area (Å²) in [6.45, 7) is 2.13. The Hall–Kier alpha value is -5.33. The molecule has 1 aromatic carbocycles. The zero-order valence-corrected chi connectivity index (χ0v) is 25.9. The number of fused-ring (bicyclic) bond motifs is 3. The molecule has 2 aromatic heterocycles. The van der Waals surface area contributed by atoms with Crippen LogP contribution in [-0.2, 0) is 16.1 Å². The summed E-state index contributed by atoms with van der Waals surface area (Å²) < 4.78 is 2.16. The van der Waals surface area contributed by atoms with Crippen molar-refractivity contribution in [1.82, 2.24) is 30.3 Å². The highest BCUT2D eigenvalue weighted by Gasteiger charge is 2.55. The Bertz CT molecular complexity index is 1780. The molecule has 13 nitrogen and oxygen atoms in total. The first-order valence-corrected chi connectivity index (χ1v) is 15.5. The number of hydrogen-bond acceptors (Lipinski definition) is 9. The zero-order chi connectivity index (χ0) is 32.2. The van der Waals surface area contributed by atoms with Crippen molar-refractivity contribution in [1.29, 1.82) is 0 Å². The number of amides is 3. The van der Waals surface area contributed by atoms with Gasteiger partial charge in [-0.15, -0.1) is 0 Å². The summed E-state index contributed by atoms with van der Waals surface area (Å²) in [7, 11) is 3.52. The average molecular weight is 623 g/mol. The summed E-state index contributed by atoms with van der Waals surface area (Å²) in [4.78, 5) is 45.9. The molecular weight excluding hydrogens is 584 g/mol. The lowest BCUT2D eigenvalue weighted by Crippen LogP contribution is -2.64. The van der Waals surface area contributed by atoms with E-state index in [2.05, 4.69) is 36.6 Å². The summed E-state index contributed by atoms with van der Waals surface area (Å²) in [5, 5.41) is 13.4. The van der Waals surface area contributed by atoms with Gasteiger partial charge in [-0.1, -0.05) is 18.2 Å². The Labute approximate surface area is 266 Å². The minimum Gasteiger partial charge on any atom is -0.393 e. The molecule has 7 N–H and O–H groups in total. The summed E-state index contributed by atoms with van der Waals surface area (Å²) in [5.74, 6) is -0.551. The third-order valence-electron chi connectivity index (χ3n) is 9.45. The summed E-state index contributed by atoms with van der Waals surface area (Å²) in [5.41, 5.74) is 18.1. The normalized spacial score (nSPS) is 18.9. The highest BCUT2D eigenvalue weighted by Crippen LogP contribution is 2.55. The van der Waals surface area contributed by atoms with Gasteiger partial charge in [-0.05, 0) is 43.9 Å². The number of nitrogens with two attached hydrogens (primary N) is 2. The van der Waals surface area contributed by atoms with E-state index in [1.807, 2.05) is 42.4 Å². The van der Waals surface area contributed by atoms with Crippen LogP contribution in [0.4, 0.5) is 11.4 Å². The fraction of sp³-hybridized carbons (Fsp3) is 0.364. The number of rotatable bonds is 8. The molecule has 3 fully saturated rings. The van der Waals surface area contributed by atoms with Crippen LogP contribution in [0, 0.1) is 11.3 Å². The molecule has 0 bridgehead atoms. The number of allylic oxidation sites excluding steroid dienone is 1. The highest BCUT2D eigenvalue weighted by atomic mass is 16.2. The van der Waals surface area contributed by atoms with Gasteiger partial charge in [0.1, 0.15) is 17.2 Å². The summed E-state index contributed by atoms with van der Waals surface area (Å²) in [6, 6.07) is 11.6. The number of aromatic nitrogens is 3. The third kappa shape index (κ3) is 5.21. The molecule has 2 saturated carbocycles. The lowest BCUT2D eigenvalue weighted by molar-refractivity contribution is -0.121. The number of carbonyl (C=O) groups excluding carboxylic acids is 3. The Morgan fingerprint density at radius 1 is 1.04 bits per heavy atom. The third-order valence-corrected chi connectivity index (χ3v) is 9.45. The number of pyridine rings is 1. The maximum Gasteiger partial charge on any atom is 0.272 e. The molecule has 1 spiro atoms. The Morgan fingerprint density at radius 2 is 1.83 bits per heavy atom. The van der Waals surface area contributed by atoms with E-state index in [-0.39, 0.29) is 46.4 Å². The molecule has 1 saturated heterocycles. The first-order valence-electron chi connectivity index (χ1n) is 15.5. The molecule has 238 valence electrons. The van der Waals surface area contributed by atoms with Gasteiger partial charge < -0.3 is 37.2 Å². The molecule has 0 atom stereocenters. The van der Waals surface area contributed by atoms with Crippen molar-refractivity contribution < 1.29 is 14.4 Å². The molecule has 7 rings (SSSR count). The van der Waals surface area contributed by atoms with Crippen molar-refractivity contribution in [3.8, 4) is 11.1 Å². The quantitative estimate of drug-likeness (QED) is 0.186. The lowest BCUT2D eigenvalue weighted by atomic mass is 9.60. The van der Waals surface area contributed by atoms with Crippen LogP contribution in [-0.4, -0.2) is 64.6 Å². The maximum atomic E-state index is 12.8. The van der Waals surface area contributed by atoms with Crippen molar-refractivity contribution in [2.24, 2.45) is 22.8 Å². The SMILES string of the molecule is CNC(=O)/C(N)=C(/C=C(\N)NC(=O)C1CC1)Nc1cccc2c1N(C)Cc1c-2cnn1C1CC2(C1)CN(C(=O)c1ccccn1)C2. The van der Waals surface area contributed by atoms with E-state index in [0.717, 1.165) is 67.0 Å². The zero-order valence-electron chi connectivity index (χ0n) is 25.9.